The van der Waals surface area contributed by atoms with Crippen molar-refractivity contribution in [1.29, 1.82) is 0 Å². The Morgan fingerprint density at radius 2 is 1.72 bits per heavy atom. The first kappa shape index (κ1) is 13.1. The van der Waals surface area contributed by atoms with E-state index in [9.17, 15) is 0 Å². The van der Waals surface area contributed by atoms with Crippen LogP contribution in [-0.4, -0.2) is 14.2 Å². The lowest BCUT2D eigenvalue weighted by Crippen LogP contribution is -1.98. The summed E-state index contributed by atoms with van der Waals surface area (Å²) in [6, 6.07) is 9.31. The zero-order valence-electron chi connectivity index (χ0n) is 10.1. The molecule has 0 amide bonds. The molecular formula is C13H13ClO3S. The summed E-state index contributed by atoms with van der Waals surface area (Å²) >= 11 is 7.37. The molecule has 1 heterocycles. The van der Waals surface area contributed by atoms with Crippen LogP contribution in [0.4, 0.5) is 0 Å². The lowest BCUT2D eigenvalue weighted by atomic mass is 10.3. The van der Waals surface area contributed by atoms with Gasteiger partial charge in [-0.25, -0.2) is 0 Å². The van der Waals surface area contributed by atoms with E-state index in [-0.39, 0.29) is 0 Å². The minimum absolute atomic E-state index is 0.439. The van der Waals surface area contributed by atoms with Crippen molar-refractivity contribution in [3.05, 3.63) is 39.5 Å². The minimum Gasteiger partial charge on any atom is -0.493 e. The molecule has 3 nitrogen and oxygen atoms in total. The molecule has 96 valence electrons. The van der Waals surface area contributed by atoms with Crippen LogP contribution in [0.5, 0.6) is 17.2 Å². The molecule has 0 saturated heterocycles. The molecule has 18 heavy (non-hydrogen) atoms. The molecule has 0 aliphatic carbocycles. The normalized spacial score (nSPS) is 10.2. The van der Waals surface area contributed by atoms with Gasteiger partial charge in [-0.2, -0.15) is 0 Å². The topological polar surface area (TPSA) is 27.7 Å². The van der Waals surface area contributed by atoms with Crippen LogP contribution in [0.3, 0.4) is 0 Å². The van der Waals surface area contributed by atoms with E-state index in [1.54, 1.807) is 14.2 Å². The number of rotatable bonds is 5. The quantitative estimate of drug-likeness (QED) is 0.831. The fourth-order valence-electron chi connectivity index (χ4n) is 1.53. The summed E-state index contributed by atoms with van der Waals surface area (Å²) in [4.78, 5) is 1.05. The number of ether oxygens (including phenoxy) is 3. The zero-order valence-corrected chi connectivity index (χ0v) is 11.7. The molecule has 0 N–H and O–H groups in total. The molecule has 5 heteroatoms. The van der Waals surface area contributed by atoms with Crippen molar-refractivity contribution in [2.45, 2.75) is 6.61 Å². The average Bonchev–Trinajstić information content (AvgIpc) is 2.81. The number of para-hydroxylation sites is 1. The van der Waals surface area contributed by atoms with Gasteiger partial charge in [0.25, 0.3) is 0 Å². The van der Waals surface area contributed by atoms with E-state index in [1.807, 2.05) is 30.3 Å². The highest BCUT2D eigenvalue weighted by Gasteiger charge is 2.11. The van der Waals surface area contributed by atoms with Crippen molar-refractivity contribution in [2.75, 3.05) is 14.2 Å². The van der Waals surface area contributed by atoms with E-state index in [4.69, 9.17) is 25.8 Å². The summed E-state index contributed by atoms with van der Waals surface area (Å²) in [6.45, 7) is 0.439. The predicted molar refractivity (Wildman–Crippen MR) is 73.2 cm³/mol. The van der Waals surface area contributed by atoms with Gasteiger partial charge in [0.15, 0.2) is 11.5 Å². The summed E-state index contributed by atoms with van der Waals surface area (Å²) in [5.74, 6) is 1.90. The maximum Gasteiger partial charge on any atom is 0.203 e. The Bertz CT molecular complexity index is 502. The minimum atomic E-state index is 0.439. The smallest absolute Gasteiger partial charge is 0.203 e. The van der Waals surface area contributed by atoms with Crippen LogP contribution in [0.2, 0.25) is 4.34 Å². The van der Waals surface area contributed by atoms with E-state index in [2.05, 4.69) is 0 Å². The number of hydrogen-bond acceptors (Lipinski definition) is 4. The second-order valence-electron chi connectivity index (χ2n) is 3.49. The van der Waals surface area contributed by atoms with Crippen molar-refractivity contribution >= 4 is 22.9 Å². The Labute approximate surface area is 115 Å². The zero-order chi connectivity index (χ0) is 13.0. The Morgan fingerprint density at radius 1 is 1.06 bits per heavy atom. The summed E-state index contributed by atoms with van der Waals surface area (Å²) in [6.07, 6.45) is 0. The predicted octanol–water partition coefficient (Wildman–Crippen LogP) is 4.00. The van der Waals surface area contributed by atoms with Gasteiger partial charge in [0.2, 0.25) is 5.75 Å². The van der Waals surface area contributed by atoms with Crippen molar-refractivity contribution in [2.24, 2.45) is 0 Å². The first-order chi connectivity index (χ1) is 8.74. The third kappa shape index (κ3) is 2.89. The molecule has 0 bridgehead atoms. The van der Waals surface area contributed by atoms with Crippen LogP contribution in [0.25, 0.3) is 0 Å². The fourth-order valence-corrected chi connectivity index (χ4v) is 2.53. The van der Waals surface area contributed by atoms with Crippen molar-refractivity contribution in [1.82, 2.24) is 0 Å². The van der Waals surface area contributed by atoms with Gasteiger partial charge in [-0.15, -0.1) is 11.3 Å². The highest BCUT2D eigenvalue weighted by atomic mass is 35.5. The lowest BCUT2D eigenvalue weighted by Gasteiger charge is -2.13. The SMILES string of the molecule is COc1cccc(OC)c1OCc1ccc(Cl)s1. The standard InChI is InChI=1S/C13H13ClO3S/c1-15-10-4-3-5-11(16-2)13(10)17-8-9-6-7-12(14)18-9/h3-7H,8H2,1-2H3. The van der Waals surface area contributed by atoms with Gasteiger partial charge >= 0.3 is 0 Å². The lowest BCUT2D eigenvalue weighted by molar-refractivity contribution is 0.268. The third-order valence-electron chi connectivity index (χ3n) is 2.37. The summed E-state index contributed by atoms with van der Waals surface area (Å²) < 4.78 is 17.0. The van der Waals surface area contributed by atoms with Crippen LogP contribution in [0.1, 0.15) is 4.88 Å². The molecule has 2 rings (SSSR count). The number of thiophene rings is 1. The maximum absolute atomic E-state index is 5.87. The van der Waals surface area contributed by atoms with Crippen molar-refractivity contribution in [3.8, 4) is 17.2 Å². The number of benzene rings is 1. The maximum atomic E-state index is 5.87. The van der Waals surface area contributed by atoms with Crippen LogP contribution < -0.4 is 14.2 Å². The third-order valence-corrected chi connectivity index (χ3v) is 3.57. The van der Waals surface area contributed by atoms with Gasteiger partial charge in [0, 0.05) is 4.88 Å². The van der Waals surface area contributed by atoms with Crippen LogP contribution >= 0.6 is 22.9 Å². The number of halogens is 1. The van der Waals surface area contributed by atoms with Gasteiger partial charge in [-0.1, -0.05) is 17.7 Å². The average molecular weight is 285 g/mol. The molecule has 0 radical (unpaired) electrons. The molecule has 0 aliphatic rings. The Balaban J connectivity index is 2.17. The highest BCUT2D eigenvalue weighted by Crippen LogP contribution is 2.37. The van der Waals surface area contributed by atoms with E-state index in [1.165, 1.54) is 11.3 Å². The molecule has 0 spiro atoms. The first-order valence-corrected chi connectivity index (χ1v) is 6.52. The highest BCUT2D eigenvalue weighted by molar-refractivity contribution is 7.16. The van der Waals surface area contributed by atoms with Crippen LogP contribution in [-0.2, 0) is 6.61 Å². The summed E-state index contributed by atoms with van der Waals surface area (Å²) in [5, 5.41) is 0. The Hall–Kier alpha value is -1.39. The number of methoxy groups -OCH3 is 2. The van der Waals surface area contributed by atoms with Gasteiger partial charge in [0.1, 0.15) is 6.61 Å². The molecule has 0 saturated carbocycles. The molecular weight excluding hydrogens is 272 g/mol. The molecule has 0 fully saturated rings. The monoisotopic (exact) mass is 284 g/mol. The van der Waals surface area contributed by atoms with Crippen molar-refractivity contribution in [3.63, 3.8) is 0 Å². The molecule has 1 aromatic heterocycles. The molecule has 0 atom stereocenters. The summed E-state index contributed by atoms with van der Waals surface area (Å²) in [7, 11) is 3.20. The Kier molecular flexibility index (Phi) is 4.33. The van der Waals surface area contributed by atoms with Gasteiger partial charge in [0.05, 0.1) is 18.6 Å². The molecule has 0 aliphatic heterocycles. The van der Waals surface area contributed by atoms with E-state index in [0.717, 1.165) is 9.21 Å². The van der Waals surface area contributed by atoms with E-state index < -0.39 is 0 Å². The summed E-state index contributed by atoms with van der Waals surface area (Å²) in [5.41, 5.74) is 0. The Morgan fingerprint density at radius 3 is 2.22 bits per heavy atom. The molecule has 0 unspecified atom stereocenters. The van der Waals surface area contributed by atoms with Gasteiger partial charge in [-0.3, -0.25) is 0 Å². The molecule has 1 aromatic carbocycles. The van der Waals surface area contributed by atoms with E-state index >= 15 is 0 Å². The van der Waals surface area contributed by atoms with Gasteiger partial charge < -0.3 is 14.2 Å². The molecule has 2 aromatic rings. The fraction of sp³-hybridized carbons (Fsp3) is 0.231. The first-order valence-electron chi connectivity index (χ1n) is 5.32. The van der Waals surface area contributed by atoms with E-state index in [0.29, 0.717) is 23.9 Å². The van der Waals surface area contributed by atoms with Crippen LogP contribution in [0, 0.1) is 0 Å². The largest absolute Gasteiger partial charge is 0.493 e. The second kappa shape index (κ2) is 5.98. The van der Waals surface area contributed by atoms with Crippen molar-refractivity contribution < 1.29 is 14.2 Å². The van der Waals surface area contributed by atoms with Crippen LogP contribution in [0.15, 0.2) is 30.3 Å². The van der Waals surface area contributed by atoms with Gasteiger partial charge in [-0.05, 0) is 24.3 Å². The number of hydrogen-bond donors (Lipinski definition) is 0. The second-order valence-corrected chi connectivity index (χ2v) is 5.29.